The molecule has 1 heterocycles. The molecule has 0 bridgehead atoms. The summed E-state index contributed by atoms with van der Waals surface area (Å²) in [4.78, 5) is 4.37. The molecule has 128 valence electrons. The van der Waals surface area contributed by atoms with Gasteiger partial charge >= 0.3 is 0 Å². The van der Waals surface area contributed by atoms with Gasteiger partial charge in [0.15, 0.2) is 0 Å². The van der Waals surface area contributed by atoms with E-state index in [1.165, 1.54) is 11.1 Å². The fraction of sp³-hybridized carbons (Fsp3) is 0.400. The Labute approximate surface area is 147 Å². The van der Waals surface area contributed by atoms with E-state index in [4.69, 9.17) is 0 Å². The Morgan fingerprint density at radius 3 is 2.62 bits per heavy atom. The quantitative estimate of drug-likeness (QED) is 0.739. The topological polar surface area (TPSA) is 32.3 Å². The van der Waals surface area contributed by atoms with Gasteiger partial charge in [0.2, 0.25) is 0 Å². The molecule has 4 heteroatoms. The summed E-state index contributed by atoms with van der Waals surface area (Å²) in [5.41, 5.74) is 4.63. The van der Waals surface area contributed by atoms with Crippen LogP contribution in [0.25, 0.3) is 0 Å². The lowest BCUT2D eigenvalue weighted by molar-refractivity contribution is 0.316. The molecule has 0 fully saturated rings. The Bertz CT molecular complexity index is 753. The second kappa shape index (κ2) is 7.49. The number of nitrogens with one attached hydrogen (secondary N) is 1. The molecule has 2 aromatic carbocycles. The molecule has 1 N–H and O–H groups in total. The summed E-state index contributed by atoms with van der Waals surface area (Å²) in [7, 11) is -1.08. The van der Waals surface area contributed by atoms with Crippen molar-refractivity contribution in [1.82, 2.24) is 4.90 Å². The fourth-order valence-electron chi connectivity index (χ4n) is 3.36. The number of nitrogens with zero attached hydrogens (tertiary/aromatic N) is 1. The number of likely N-dealkylation sites (N-methyl/N-ethyl adjacent to an activating group) is 1. The maximum atomic E-state index is 13.0. The van der Waals surface area contributed by atoms with Gasteiger partial charge in [-0.2, -0.15) is 0 Å². The first-order valence-corrected chi connectivity index (χ1v) is 9.89. The van der Waals surface area contributed by atoms with Crippen LogP contribution in [0.1, 0.15) is 30.5 Å². The van der Waals surface area contributed by atoms with Crippen LogP contribution >= 0.6 is 0 Å². The van der Waals surface area contributed by atoms with Crippen LogP contribution in [0.3, 0.4) is 0 Å². The summed E-state index contributed by atoms with van der Waals surface area (Å²) in [6, 6.07) is 12.3. The summed E-state index contributed by atoms with van der Waals surface area (Å²) < 4.78 is 13.0. The molecule has 0 aliphatic carbocycles. The minimum atomic E-state index is -1.08. The number of rotatable bonds is 6. The van der Waals surface area contributed by atoms with Crippen LogP contribution < -0.4 is 5.32 Å². The first-order chi connectivity index (χ1) is 11.7. The molecule has 24 heavy (non-hydrogen) atoms. The highest BCUT2D eigenvalue weighted by atomic mass is 32.2. The number of hydrogen-bond donors (Lipinski definition) is 1. The van der Waals surface area contributed by atoms with E-state index in [9.17, 15) is 4.21 Å². The molecule has 0 aromatic heterocycles. The van der Waals surface area contributed by atoms with Crippen LogP contribution in [0.5, 0.6) is 0 Å². The molecule has 1 unspecified atom stereocenters. The van der Waals surface area contributed by atoms with Crippen molar-refractivity contribution in [2.75, 3.05) is 31.5 Å². The lowest BCUT2D eigenvalue weighted by atomic mass is 10.00. The van der Waals surface area contributed by atoms with E-state index in [2.05, 4.69) is 49.2 Å². The molecule has 0 spiro atoms. The molecular weight excluding hydrogens is 316 g/mol. The van der Waals surface area contributed by atoms with Crippen LogP contribution in [0.2, 0.25) is 0 Å². The first-order valence-electron chi connectivity index (χ1n) is 8.74. The van der Waals surface area contributed by atoms with Crippen LogP contribution in [0, 0.1) is 6.92 Å². The van der Waals surface area contributed by atoms with E-state index in [-0.39, 0.29) is 0 Å². The Balaban J connectivity index is 1.87. The Morgan fingerprint density at radius 2 is 1.88 bits per heavy atom. The van der Waals surface area contributed by atoms with Crippen molar-refractivity contribution in [2.24, 2.45) is 0 Å². The monoisotopic (exact) mass is 342 g/mol. The minimum Gasteiger partial charge on any atom is -0.383 e. The molecule has 0 radical (unpaired) electrons. The number of anilines is 1. The molecule has 1 atom stereocenters. The van der Waals surface area contributed by atoms with E-state index >= 15 is 0 Å². The highest BCUT2D eigenvalue weighted by Gasteiger charge is 2.25. The van der Waals surface area contributed by atoms with Crippen molar-refractivity contribution >= 4 is 16.5 Å². The van der Waals surface area contributed by atoms with Gasteiger partial charge < -0.3 is 10.2 Å². The molecule has 3 rings (SSSR count). The van der Waals surface area contributed by atoms with E-state index < -0.39 is 10.8 Å². The number of hydrogen-bond acceptors (Lipinski definition) is 3. The van der Waals surface area contributed by atoms with Gasteiger partial charge in [0, 0.05) is 30.1 Å². The second-order valence-corrected chi connectivity index (χ2v) is 7.63. The molecule has 3 nitrogen and oxygen atoms in total. The van der Waals surface area contributed by atoms with Crippen molar-refractivity contribution in [3.05, 3.63) is 53.1 Å². The number of aryl methyl sites for hydroxylation is 1. The highest BCUT2D eigenvalue weighted by molar-refractivity contribution is 7.85. The van der Waals surface area contributed by atoms with Gasteiger partial charge in [-0.15, -0.1) is 0 Å². The predicted molar refractivity (Wildman–Crippen MR) is 101 cm³/mol. The summed E-state index contributed by atoms with van der Waals surface area (Å²) in [6.07, 6.45) is 0.854. The van der Waals surface area contributed by atoms with Gasteiger partial charge in [0.1, 0.15) is 0 Å². The third kappa shape index (κ3) is 3.26. The second-order valence-electron chi connectivity index (χ2n) is 6.24. The summed E-state index contributed by atoms with van der Waals surface area (Å²) in [6.45, 7) is 10.5. The van der Waals surface area contributed by atoms with Gasteiger partial charge in [-0.3, -0.25) is 0 Å². The summed E-state index contributed by atoms with van der Waals surface area (Å²) in [5, 5.41) is 3.57. The van der Waals surface area contributed by atoms with Crippen LogP contribution in [0.4, 0.5) is 5.69 Å². The lowest BCUT2D eigenvalue weighted by Gasteiger charge is -2.25. The average molecular weight is 343 g/mol. The molecule has 1 aliphatic rings. The normalized spacial score (nSPS) is 15.9. The van der Waals surface area contributed by atoms with E-state index in [1.54, 1.807) is 0 Å². The van der Waals surface area contributed by atoms with E-state index in [0.717, 1.165) is 53.6 Å². The van der Waals surface area contributed by atoms with Crippen molar-refractivity contribution in [3.8, 4) is 0 Å². The Hall–Kier alpha value is -1.65. The minimum absolute atomic E-state index is 0.854. The molecule has 0 amide bonds. The van der Waals surface area contributed by atoms with Crippen LogP contribution in [0.15, 0.2) is 46.2 Å². The molecule has 1 aliphatic heterocycles. The summed E-state index contributed by atoms with van der Waals surface area (Å²) in [5.74, 6) is 0. The number of fused-ring (bicyclic) bond motifs is 2. The van der Waals surface area contributed by atoms with Crippen molar-refractivity contribution in [1.29, 1.82) is 0 Å². The van der Waals surface area contributed by atoms with Crippen molar-refractivity contribution in [3.63, 3.8) is 0 Å². The number of benzene rings is 2. The van der Waals surface area contributed by atoms with Gasteiger partial charge in [0.05, 0.1) is 15.7 Å². The smallest absolute Gasteiger partial charge is 0.0858 e. The van der Waals surface area contributed by atoms with Gasteiger partial charge in [0.25, 0.3) is 0 Å². The van der Waals surface area contributed by atoms with E-state index in [1.807, 2.05) is 18.2 Å². The third-order valence-corrected chi connectivity index (χ3v) is 6.56. The van der Waals surface area contributed by atoms with Gasteiger partial charge in [-0.05, 0) is 48.8 Å². The van der Waals surface area contributed by atoms with Crippen molar-refractivity contribution < 1.29 is 4.21 Å². The van der Waals surface area contributed by atoms with Gasteiger partial charge in [-0.25, -0.2) is 4.21 Å². The highest BCUT2D eigenvalue weighted by Crippen LogP contribution is 2.37. The molecule has 0 saturated carbocycles. The van der Waals surface area contributed by atoms with Gasteiger partial charge in [-0.1, -0.05) is 38.1 Å². The fourth-order valence-corrected chi connectivity index (χ4v) is 4.93. The maximum Gasteiger partial charge on any atom is 0.0858 e. The first kappa shape index (κ1) is 17.2. The molecule has 0 saturated heterocycles. The largest absolute Gasteiger partial charge is 0.383 e. The zero-order valence-electron chi connectivity index (χ0n) is 14.8. The van der Waals surface area contributed by atoms with E-state index in [0.29, 0.717) is 0 Å². The summed E-state index contributed by atoms with van der Waals surface area (Å²) >= 11 is 0. The predicted octanol–water partition coefficient (Wildman–Crippen LogP) is 3.82. The molecule has 2 aromatic rings. The SMILES string of the molecule is CCN(CC)CCNc1ccc(C)c2c1Cc1ccccc1S2=O. The zero-order valence-corrected chi connectivity index (χ0v) is 15.6. The third-order valence-electron chi connectivity index (χ3n) is 4.82. The Kier molecular flexibility index (Phi) is 5.36. The zero-order chi connectivity index (χ0) is 17.1. The Morgan fingerprint density at radius 1 is 1.12 bits per heavy atom. The van der Waals surface area contributed by atoms with Crippen LogP contribution in [-0.4, -0.2) is 35.3 Å². The lowest BCUT2D eigenvalue weighted by Crippen LogP contribution is -2.29. The standard InChI is InChI=1S/C20H26N2OS/c1-4-22(5-2)13-12-21-18-11-10-15(3)20-17(18)14-16-8-6-7-9-19(16)24(20)23/h6-11,21H,4-5,12-14H2,1-3H3. The van der Waals surface area contributed by atoms with Crippen LogP contribution in [-0.2, 0) is 17.2 Å². The molecular formula is C20H26N2OS. The average Bonchev–Trinajstić information content (AvgIpc) is 2.60. The van der Waals surface area contributed by atoms with Crippen molar-refractivity contribution in [2.45, 2.75) is 37.0 Å². The maximum absolute atomic E-state index is 13.0.